The molecule has 3 aromatic rings. The van der Waals surface area contributed by atoms with Crippen LogP contribution in [-0.2, 0) is 21.2 Å². The van der Waals surface area contributed by atoms with Crippen molar-refractivity contribution in [2.45, 2.75) is 31.1 Å². The van der Waals surface area contributed by atoms with Crippen LogP contribution in [0, 0.1) is 5.82 Å². The van der Waals surface area contributed by atoms with E-state index in [2.05, 4.69) is 32.8 Å². The minimum absolute atomic E-state index is 0.149. The number of anilines is 3. The van der Waals surface area contributed by atoms with Gasteiger partial charge >= 0.3 is 0 Å². The van der Waals surface area contributed by atoms with Gasteiger partial charge in [-0.2, -0.15) is 9.29 Å². The Morgan fingerprint density at radius 1 is 1.03 bits per heavy atom. The maximum absolute atomic E-state index is 13.2. The van der Waals surface area contributed by atoms with Crippen LogP contribution in [0.15, 0.2) is 59.6 Å². The highest BCUT2D eigenvalue weighted by Crippen LogP contribution is 2.21. The number of amides is 1. The molecule has 0 aliphatic carbocycles. The fourth-order valence-corrected chi connectivity index (χ4v) is 5.37. The first kappa shape index (κ1) is 28.4. The lowest BCUT2D eigenvalue weighted by Crippen LogP contribution is -2.40. The second-order valence-corrected chi connectivity index (χ2v) is 11.0. The Labute approximate surface area is 228 Å². The molecule has 0 atom stereocenters. The molecule has 10 nitrogen and oxygen atoms in total. The van der Waals surface area contributed by atoms with Crippen molar-refractivity contribution in [2.75, 3.05) is 55.3 Å². The average Bonchev–Trinajstić information content (AvgIpc) is 2.95. The zero-order valence-corrected chi connectivity index (χ0v) is 22.6. The lowest BCUT2D eigenvalue weighted by Gasteiger charge is -2.26. The molecule has 0 unspecified atom stereocenters. The van der Waals surface area contributed by atoms with Crippen LogP contribution in [0.1, 0.15) is 35.7 Å². The van der Waals surface area contributed by atoms with E-state index in [1.165, 1.54) is 34.8 Å². The van der Waals surface area contributed by atoms with Gasteiger partial charge in [0.05, 0.1) is 18.1 Å². The van der Waals surface area contributed by atoms with Crippen LogP contribution in [0.25, 0.3) is 0 Å². The summed E-state index contributed by atoms with van der Waals surface area (Å²) in [6.07, 6.45) is 4.02. The molecule has 12 heteroatoms. The molecule has 3 N–H and O–H groups in total. The van der Waals surface area contributed by atoms with E-state index in [-0.39, 0.29) is 16.3 Å². The van der Waals surface area contributed by atoms with E-state index in [1.54, 1.807) is 24.3 Å². The Kier molecular flexibility index (Phi) is 9.79. The molecule has 208 valence electrons. The largest absolute Gasteiger partial charge is 0.379 e. The molecule has 2 aromatic carbocycles. The number of sulfonamides is 1. The molecule has 1 aliphatic heterocycles. The van der Waals surface area contributed by atoms with Crippen molar-refractivity contribution in [3.05, 3.63) is 71.7 Å². The highest BCUT2D eigenvalue weighted by molar-refractivity contribution is 7.89. The summed E-state index contributed by atoms with van der Waals surface area (Å²) < 4.78 is 45.6. The van der Waals surface area contributed by atoms with Crippen molar-refractivity contribution in [1.82, 2.24) is 14.3 Å². The van der Waals surface area contributed by atoms with Gasteiger partial charge in [0.25, 0.3) is 5.91 Å². The predicted molar refractivity (Wildman–Crippen MR) is 148 cm³/mol. The number of aromatic nitrogens is 2. The van der Waals surface area contributed by atoms with E-state index in [0.29, 0.717) is 63.3 Å². The quantitative estimate of drug-likeness (QED) is 0.288. The SMILES string of the molecule is CCCCNc1ncc(C(=O)Nc2ccc(S(=O)(=O)N3CCOCC3)cc2)c(NCCc2ccc(F)cc2)n1. The van der Waals surface area contributed by atoms with Crippen LogP contribution >= 0.6 is 0 Å². The normalized spacial score (nSPS) is 14.1. The third-order valence-corrected chi connectivity index (χ3v) is 8.10. The summed E-state index contributed by atoms with van der Waals surface area (Å²) in [4.78, 5) is 22.1. The summed E-state index contributed by atoms with van der Waals surface area (Å²) >= 11 is 0. The van der Waals surface area contributed by atoms with Gasteiger partial charge in [-0.3, -0.25) is 4.79 Å². The first-order valence-corrected chi connectivity index (χ1v) is 14.4. The van der Waals surface area contributed by atoms with E-state index in [0.717, 1.165) is 18.4 Å². The van der Waals surface area contributed by atoms with Gasteiger partial charge in [0.15, 0.2) is 0 Å². The van der Waals surface area contributed by atoms with Gasteiger partial charge in [-0.25, -0.2) is 17.8 Å². The number of nitrogens with zero attached hydrogens (tertiary/aromatic N) is 3. The molecule has 1 fully saturated rings. The number of hydrogen-bond donors (Lipinski definition) is 3. The smallest absolute Gasteiger partial charge is 0.260 e. The standard InChI is InChI=1S/C27H33FN6O4S/c1-2-3-13-30-27-31-19-24(25(33-27)29-14-12-20-4-6-21(28)7-5-20)26(35)32-22-8-10-23(11-9-22)39(36,37)34-15-17-38-18-16-34/h4-11,19H,2-3,12-18H2,1H3,(H,32,35)(H2,29,30,31,33). The number of nitrogens with one attached hydrogen (secondary N) is 3. The number of carbonyl (C=O) groups is 1. The number of morpholine rings is 1. The third-order valence-electron chi connectivity index (χ3n) is 6.19. The number of benzene rings is 2. The van der Waals surface area contributed by atoms with Crippen molar-refractivity contribution < 1.29 is 22.3 Å². The third kappa shape index (κ3) is 7.71. The summed E-state index contributed by atoms with van der Waals surface area (Å²) in [6.45, 7) is 4.60. The molecule has 1 saturated heterocycles. The summed E-state index contributed by atoms with van der Waals surface area (Å²) in [5, 5.41) is 9.15. The summed E-state index contributed by atoms with van der Waals surface area (Å²) in [6, 6.07) is 12.3. The minimum atomic E-state index is -3.63. The minimum Gasteiger partial charge on any atom is -0.379 e. The predicted octanol–water partition coefficient (Wildman–Crippen LogP) is 3.76. The van der Waals surface area contributed by atoms with Crippen LogP contribution in [0.2, 0.25) is 0 Å². The van der Waals surface area contributed by atoms with Gasteiger partial charge in [-0.15, -0.1) is 0 Å². The molecule has 2 heterocycles. The second-order valence-electron chi connectivity index (χ2n) is 9.03. The summed E-state index contributed by atoms with van der Waals surface area (Å²) in [7, 11) is -3.63. The van der Waals surface area contributed by atoms with Crippen molar-refractivity contribution >= 4 is 33.4 Å². The van der Waals surface area contributed by atoms with E-state index < -0.39 is 15.9 Å². The highest BCUT2D eigenvalue weighted by Gasteiger charge is 2.26. The van der Waals surface area contributed by atoms with Gasteiger partial charge in [-0.05, 0) is 54.8 Å². The van der Waals surface area contributed by atoms with Crippen molar-refractivity contribution in [1.29, 1.82) is 0 Å². The number of carbonyl (C=O) groups excluding carboxylic acids is 1. The molecule has 1 aromatic heterocycles. The molecule has 0 spiro atoms. The van der Waals surface area contributed by atoms with E-state index in [4.69, 9.17) is 4.74 Å². The second kappa shape index (κ2) is 13.5. The van der Waals surface area contributed by atoms with E-state index >= 15 is 0 Å². The maximum Gasteiger partial charge on any atom is 0.260 e. The van der Waals surface area contributed by atoms with Crippen LogP contribution in [0.5, 0.6) is 0 Å². The summed E-state index contributed by atoms with van der Waals surface area (Å²) in [5.41, 5.74) is 1.61. The van der Waals surface area contributed by atoms with Gasteiger partial charge in [0.2, 0.25) is 16.0 Å². The van der Waals surface area contributed by atoms with E-state index in [1.807, 2.05) is 0 Å². The topological polar surface area (TPSA) is 126 Å². The average molecular weight is 557 g/mol. The van der Waals surface area contributed by atoms with Crippen LogP contribution < -0.4 is 16.0 Å². The fraction of sp³-hybridized carbons (Fsp3) is 0.370. The molecule has 4 rings (SSSR count). The summed E-state index contributed by atoms with van der Waals surface area (Å²) in [5.74, 6) is 0.0243. The Morgan fingerprint density at radius 2 is 1.74 bits per heavy atom. The monoisotopic (exact) mass is 556 g/mol. The number of halogens is 1. The Morgan fingerprint density at radius 3 is 2.44 bits per heavy atom. The maximum atomic E-state index is 13.2. The number of ether oxygens (including phenoxy) is 1. The lowest BCUT2D eigenvalue weighted by atomic mass is 10.1. The molecular weight excluding hydrogens is 523 g/mol. The molecule has 0 saturated carbocycles. The van der Waals surface area contributed by atoms with Crippen LogP contribution in [0.4, 0.5) is 21.8 Å². The first-order chi connectivity index (χ1) is 18.9. The van der Waals surface area contributed by atoms with Crippen molar-refractivity contribution in [3.63, 3.8) is 0 Å². The highest BCUT2D eigenvalue weighted by atomic mass is 32.2. The molecule has 39 heavy (non-hydrogen) atoms. The molecule has 0 radical (unpaired) electrons. The lowest BCUT2D eigenvalue weighted by molar-refractivity contribution is 0.0730. The van der Waals surface area contributed by atoms with Crippen LogP contribution in [-0.4, -0.2) is 68.0 Å². The van der Waals surface area contributed by atoms with Gasteiger partial charge in [-0.1, -0.05) is 25.5 Å². The van der Waals surface area contributed by atoms with Crippen molar-refractivity contribution in [2.24, 2.45) is 0 Å². The van der Waals surface area contributed by atoms with Gasteiger partial charge in [0.1, 0.15) is 17.2 Å². The Hall–Kier alpha value is -3.61. The van der Waals surface area contributed by atoms with Crippen LogP contribution in [0.3, 0.4) is 0 Å². The Bertz CT molecular complexity index is 1350. The molecule has 1 amide bonds. The van der Waals surface area contributed by atoms with E-state index in [9.17, 15) is 17.6 Å². The molecule has 0 bridgehead atoms. The zero-order chi connectivity index (χ0) is 27.7. The van der Waals surface area contributed by atoms with Gasteiger partial charge in [0, 0.05) is 38.1 Å². The number of rotatable bonds is 12. The number of unbranched alkanes of at least 4 members (excludes halogenated alkanes) is 1. The Balaban J connectivity index is 1.46. The number of hydrogen-bond acceptors (Lipinski definition) is 8. The first-order valence-electron chi connectivity index (χ1n) is 13.0. The molecular formula is C27H33FN6O4S. The zero-order valence-electron chi connectivity index (χ0n) is 21.8. The fourth-order valence-electron chi connectivity index (χ4n) is 3.97. The molecule has 1 aliphatic rings. The van der Waals surface area contributed by atoms with Gasteiger partial charge < -0.3 is 20.7 Å². The van der Waals surface area contributed by atoms with Crippen molar-refractivity contribution in [3.8, 4) is 0 Å².